The molecule has 1 heterocycles. The molecular weight excluding hydrogens is 443 g/mol. The number of carbonyl (C=O) groups excluding carboxylic acids is 1. The molecule has 2 N–H and O–H groups in total. The molecule has 1 aliphatic heterocycles. The number of nitrogens with one attached hydrogen (secondary N) is 2. The first-order valence-corrected chi connectivity index (χ1v) is 11.2. The fraction of sp³-hybridized carbons (Fsp3) is 0.409. The number of halogens is 3. The molecule has 0 spiro atoms. The number of rotatable bonds is 7. The van der Waals surface area contributed by atoms with Crippen molar-refractivity contribution in [2.45, 2.75) is 38.8 Å². The van der Waals surface area contributed by atoms with Gasteiger partial charge in [0.05, 0.1) is 16.8 Å². The van der Waals surface area contributed by atoms with E-state index in [9.17, 15) is 4.79 Å². The average Bonchev–Trinajstić information content (AvgIpc) is 3.04. The summed E-state index contributed by atoms with van der Waals surface area (Å²) in [5.74, 6) is -0.106. The van der Waals surface area contributed by atoms with E-state index in [1.807, 2.05) is 47.4 Å². The minimum Gasteiger partial charge on any atom is -0.298 e. The Hall–Kier alpha value is -1.50. The molecule has 5 nitrogen and oxygen atoms in total. The molecule has 2 aromatic carbocycles. The smallest absolute Gasteiger partial charge is 0.253 e. The van der Waals surface area contributed by atoms with Crippen molar-refractivity contribution in [3.05, 3.63) is 63.1 Å². The maximum atomic E-state index is 13.1. The summed E-state index contributed by atoms with van der Waals surface area (Å²) >= 11 is 18.7. The lowest BCUT2D eigenvalue weighted by molar-refractivity contribution is -0.128. The summed E-state index contributed by atoms with van der Waals surface area (Å²) < 4.78 is 0. The van der Waals surface area contributed by atoms with Crippen LogP contribution in [0, 0.1) is 5.92 Å². The average molecular weight is 470 g/mol. The summed E-state index contributed by atoms with van der Waals surface area (Å²) in [5, 5.41) is 5.55. The second-order valence-electron chi connectivity index (χ2n) is 7.68. The third-order valence-corrected chi connectivity index (χ3v) is 6.18. The molecule has 1 fully saturated rings. The number of anilines is 1. The summed E-state index contributed by atoms with van der Waals surface area (Å²) in [7, 11) is 1.89. The van der Waals surface area contributed by atoms with Crippen LogP contribution in [0.15, 0.2) is 42.5 Å². The van der Waals surface area contributed by atoms with Crippen LogP contribution in [-0.2, 0) is 4.79 Å². The van der Waals surface area contributed by atoms with Gasteiger partial charge in [0, 0.05) is 29.6 Å². The predicted octanol–water partition coefficient (Wildman–Crippen LogP) is 5.48. The van der Waals surface area contributed by atoms with Crippen molar-refractivity contribution in [1.82, 2.24) is 15.9 Å². The Morgan fingerprint density at radius 3 is 2.43 bits per heavy atom. The molecule has 3 rings (SSSR count). The molecule has 0 bridgehead atoms. The number of carbonyl (C=O) groups is 1. The first-order chi connectivity index (χ1) is 14.3. The van der Waals surface area contributed by atoms with E-state index in [-0.39, 0.29) is 17.9 Å². The molecule has 2 aromatic rings. The van der Waals surface area contributed by atoms with Crippen LogP contribution < -0.4 is 15.9 Å². The lowest BCUT2D eigenvalue weighted by atomic mass is 9.90. The lowest BCUT2D eigenvalue weighted by Gasteiger charge is -2.29. The molecule has 3 atom stereocenters. The van der Waals surface area contributed by atoms with Crippen LogP contribution in [0.5, 0.6) is 0 Å². The second-order valence-corrected chi connectivity index (χ2v) is 8.96. The van der Waals surface area contributed by atoms with Gasteiger partial charge < -0.3 is 0 Å². The summed E-state index contributed by atoms with van der Waals surface area (Å²) in [5.41, 5.74) is 8.18. The van der Waals surface area contributed by atoms with Crippen molar-refractivity contribution in [3.63, 3.8) is 0 Å². The Balaban J connectivity index is 1.91. The highest BCUT2D eigenvalue weighted by Gasteiger charge is 2.44. The van der Waals surface area contributed by atoms with Gasteiger partial charge in [-0.25, -0.2) is 10.4 Å². The van der Waals surface area contributed by atoms with E-state index in [1.54, 1.807) is 12.1 Å². The number of hydrazine groups is 2. The van der Waals surface area contributed by atoms with Gasteiger partial charge in [0.25, 0.3) is 5.91 Å². The molecule has 1 amide bonds. The third-order valence-electron chi connectivity index (χ3n) is 5.39. The molecule has 162 valence electrons. The molecule has 1 aliphatic rings. The van der Waals surface area contributed by atoms with Crippen molar-refractivity contribution >= 4 is 46.4 Å². The number of hydrogen-bond acceptors (Lipinski definition) is 4. The number of amides is 1. The number of unbranched alkanes of at least 4 members (excludes halogenated alkanes) is 1. The van der Waals surface area contributed by atoms with Crippen molar-refractivity contribution < 1.29 is 4.79 Å². The summed E-state index contributed by atoms with van der Waals surface area (Å²) in [6.45, 7) is 4.99. The molecule has 8 heteroatoms. The fourth-order valence-electron chi connectivity index (χ4n) is 3.78. The predicted molar refractivity (Wildman–Crippen MR) is 125 cm³/mol. The van der Waals surface area contributed by atoms with Crippen LogP contribution >= 0.6 is 34.8 Å². The quantitative estimate of drug-likeness (QED) is 0.527. The molecule has 0 aromatic heterocycles. The van der Waals surface area contributed by atoms with Crippen LogP contribution in [0.1, 0.15) is 38.3 Å². The van der Waals surface area contributed by atoms with Gasteiger partial charge in [-0.1, -0.05) is 67.2 Å². The SMILES string of the molecule is CCCCN(C)NC(=O)C1NN(c2ccc(Cl)cc2Cl)C(c2ccc(Cl)cc2)C1C. The van der Waals surface area contributed by atoms with E-state index in [0.29, 0.717) is 15.1 Å². The van der Waals surface area contributed by atoms with Gasteiger partial charge in [0.15, 0.2) is 0 Å². The van der Waals surface area contributed by atoms with Gasteiger partial charge >= 0.3 is 0 Å². The molecular formula is C22H27Cl3N4O. The highest BCUT2D eigenvalue weighted by Crippen LogP contribution is 2.42. The molecule has 3 unspecified atom stereocenters. The van der Waals surface area contributed by atoms with Gasteiger partial charge in [-0.3, -0.25) is 15.2 Å². The summed E-state index contributed by atoms with van der Waals surface area (Å²) in [6.07, 6.45) is 2.09. The maximum absolute atomic E-state index is 13.1. The summed E-state index contributed by atoms with van der Waals surface area (Å²) in [4.78, 5) is 13.1. The lowest BCUT2D eigenvalue weighted by Crippen LogP contribution is -2.51. The normalized spacial score (nSPS) is 21.3. The fourth-order valence-corrected chi connectivity index (χ4v) is 4.41. The first-order valence-electron chi connectivity index (χ1n) is 10.1. The van der Waals surface area contributed by atoms with E-state index < -0.39 is 6.04 Å². The highest BCUT2D eigenvalue weighted by atomic mass is 35.5. The molecule has 0 saturated carbocycles. The second kappa shape index (κ2) is 10.2. The van der Waals surface area contributed by atoms with Crippen LogP contribution in [0.4, 0.5) is 5.69 Å². The molecule has 0 radical (unpaired) electrons. The minimum atomic E-state index is -0.429. The number of nitrogens with zero attached hydrogens (tertiary/aromatic N) is 2. The third kappa shape index (κ3) is 5.21. The van der Waals surface area contributed by atoms with Gasteiger partial charge in [-0.15, -0.1) is 0 Å². The largest absolute Gasteiger partial charge is 0.298 e. The Morgan fingerprint density at radius 2 is 1.80 bits per heavy atom. The Bertz CT molecular complexity index is 877. The molecule has 30 heavy (non-hydrogen) atoms. The number of benzene rings is 2. The van der Waals surface area contributed by atoms with Crippen molar-refractivity contribution in [1.29, 1.82) is 0 Å². The maximum Gasteiger partial charge on any atom is 0.253 e. The van der Waals surface area contributed by atoms with E-state index in [4.69, 9.17) is 34.8 Å². The van der Waals surface area contributed by atoms with Crippen LogP contribution in [-0.4, -0.2) is 30.6 Å². The monoisotopic (exact) mass is 468 g/mol. The zero-order valence-corrected chi connectivity index (χ0v) is 19.6. The zero-order valence-electron chi connectivity index (χ0n) is 17.3. The molecule has 0 aliphatic carbocycles. The minimum absolute atomic E-state index is 0.0301. The molecule has 1 saturated heterocycles. The Kier molecular flexibility index (Phi) is 7.88. The first kappa shape index (κ1) is 23.2. The highest BCUT2D eigenvalue weighted by molar-refractivity contribution is 6.36. The Morgan fingerprint density at radius 1 is 1.13 bits per heavy atom. The number of hydrogen-bond donors (Lipinski definition) is 2. The van der Waals surface area contributed by atoms with Gasteiger partial charge in [0.2, 0.25) is 0 Å². The van der Waals surface area contributed by atoms with Gasteiger partial charge in [-0.2, -0.15) is 0 Å². The van der Waals surface area contributed by atoms with Crippen molar-refractivity contribution in [2.24, 2.45) is 5.92 Å². The Labute approximate surface area is 193 Å². The van der Waals surface area contributed by atoms with Gasteiger partial charge in [0.1, 0.15) is 6.04 Å². The van der Waals surface area contributed by atoms with E-state index >= 15 is 0 Å². The van der Waals surface area contributed by atoms with Crippen molar-refractivity contribution in [3.8, 4) is 0 Å². The van der Waals surface area contributed by atoms with Crippen molar-refractivity contribution in [2.75, 3.05) is 18.6 Å². The van der Waals surface area contributed by atoms with Crippen LogP contribution in [0.2, 0.25) is 15.1 Å². The topological polar surface area (TPSA) is 47.6 Å². The van der Waals surface area contributed by atoms with Gasteiger partial charge in [-0.05, 0) is 42.3 Å². The van der Waals surface area contributed by atoms with E-state index in [1.165, 1.54) is 0 Å². The standard InChI is InChI=1S/C22H27Cl3N4O/c1-4-5-12-28(3)27-22(30)20-14(2)21(15-6-8-16(23)9-7-15)29(26-20)19-11-10-17(24)13-18(19)25/h6-11,13-14,20-21,26H,4-5,12H2,1-3H3,(H,27,30). The summed E-state index contributed by atoms with van der Waals surface area (Å²) in [6, 6.07) is 12.5. The van der Waals surface area contributed by atoms with E-state index in [0.717, 1.165) is 30.6 Å². The van der Waals surface area contributed by atoms with Crippen LogP contribution in [0.3, 0.4) is 0 Å². The zero-order chi connectivity index (χ0) is 21.8. The van der Waals surface area contributed by atoms with Crippen LogP contribution in [0.25, 0.3) is 0 Å². The van der Waals surface area contributed by atoms with E-state index in [2.05, 4.69) is 24.7 Å².